The molecule has 1 rings (SSSR count). The lowest BCUT2D eigenvalue weighted by molar-refractivity contribution is -0.137. The molecule has 20 heavy (non-hydrogen) atoms. The molecular formula is C11H7BrF6OS. The first-order chi connectivity index (χ1) is 8.92. The minimum atomic E-state index is -4.78. The summed E-state index contributed by atoms with van der Waals surface area (Å²) in [6.45, 7) is 1.38. The van der Waals surface area contributed by atoms with Gasteiger partial charge in [0.15, 0.2) is 5.78 Å². The van der Waals surface area contributed by atoms with Gasteiger partial charge in [-0.1, -0.05) is 15.9 Å². The van der Waals surface area contributed by atoms with Crippen molar-refractivity contribution in [3.8, 4) is 0 Å². The highest BCUT2D eigenvalue weighted by Gasteiger charge is 2.35. The average molecular weight is 381 g/mol. The third-order valence-electron chi connectivity index (χ3n) is 2.16. The smallest absolute Gasteiger partial charge is 0.293 e. The van der Waals surface area contributed by atoms with Gasteiger partial charge in [-0.3, -0.25) is 4.79 Å². The molecule has 0 aliphatic carbocycles. The Morgan fingerprint density at radius 2 is 1.75 bits per heavy atom. The number of rotatable bonds is 3. The van der Waals surface area contributed by atoms with Crippen molar-refractivity contribution in [1.29, 1.82) is 0 Å². The Balaban J connectivity index is 3.34. The van der Waals surface area contributed by atoms with E-state index in [2.05, 4.69) is 15.9 Å². The molecule has 1 unspecified atom stereocenters. The first kappa shape index (κ1) is 17.4. The zero-order valence-corrected chi connectivity index (χ0v) is 12.2. The summed E-state index contributed by atoms with van der Waals surface area (Å²) in [5.41, 5.74) is -6.41. The number of carbonyl (C=O) groups is 1. The van der Waals surface area contributed by atoms with Crippen molar-refractivity contribution >= 4 is 33.5 Å². The lowest BCUT2D eigenvalue weighted by Crippen LogP contribution is -2.14. The van der Waals surface area contributed by atoms with Crippen LogP contribution in [0.25, 0.3) is 0 Å². The fourth-order valence-corrected chi connectivity index (χ4v) is 2.29. The van der Waals surface area contributed by atoms with Crippen LogP contribution in [0.15, 0.2) is 23.1 Å². The minimum absolute atomic E-state index is 0.334. The van der Waals surface area contributed by atoms with Gasteiger partial charge < -0.3 is 0 Å². The van der Waals surface area contributed by atoms with Gasteiger partial charge in [-0.05, 0) is 36.9 Å². The van der Waals surface area contributed by atoms with Crippen molar-refractivity contribution < 1.29 is 31.1 Å². The maximum Gasteiger partial charge on any atom is 0.446 e. The largest absolute Gasteiger partial charge is 0.446 e. The molecule has 0 aromatic heterocycles. The fourth-order valence-electron chi connectivity index (χ4n) is 1.33. The molecule has 1 aromatic rings. The second kappa shape index (κ2) is 5.97. The summed E-state index contributed by atoms with van der Waals surface area (Å²) in [6.07, 6.45) is -4.78. The molecule has 0 N–H and O–H groups in total. The molecule has 0 saturated carbocycles. The highest BCUT2D eigenvalue weighted by atomic mass is 79.9. The lowest BCUT2D eigenvalue weighted by Gasteiger charge is -2.14. The highest BCUT2D eigenvalue weighted by Crippen LogP contribution is 2.41. The van der Waals surface area contributed by atoms with Crippen LogP contribution in [0.2, 0.25) is 0 Å². The van der Waals surface area contributed by atoms with E-state index < -0.39 is 50.1 Å². The van der Waals surface area contributed by atoms with Crippen LogP contribution in [0.5, 0.6) is 0 Å². The number of hydrogen-bond donors (Lipinski definition) is 0. The quantitative estimate of drug-likeness (QED) is 0.307. The Labute approximate surface area is 122 Å². The van der Waals surface area contributed by atoms with Crippen LogP contribution in [0.4, 0.5) is 26.3 Å². The number of alkyl halides is 7. The van der Waals surface area contributed by atoms with E-state index in [0.29, 0.717) is 12.1 Å². The van der Waals surface area contributed by atoms with E-state index in [9.17, 15) is 31.1 Å². The maximum atomic E-state index is 12.5. The summed E-state index contributed by atoms with van der Waals surface area (Å²) in [7, 11) is 0. The lowest BCUT2D eigenvalue weighted by atomic mass is 10.1. The maximum absolute atomic E-state index is 12.5. The van der Waals surface area contributed by atoms with E-state index >= 15 is 0 Å². The van der Waals surface area contributed by atoms with Crippen LogP contribution in [0.1, 0.15) is 22.8 Å². The van der Waals surface area contributed by atoms with Gasteiger partial charge in [0.25, 0.3) is 0 Å². The van der Waals surface area contributed by atoms with Crippen molar-refractivity contribution in [1.82, 2.24) is 0 Å². The molecule has 0 amide bonds. The van der Waals surface area contributed by atoms with Crippen molar-refractivity contribution in [2.24, 2.45) is 0 Å². The molecule has 1 aromatic carbocycles. The summed E-state index contributed by atoms with van der Waals surface area (Å²) in [4.78, 5) is 10.1. The van der Waals surface area contributed by atoms with E-state index in [1.807, 2.05) is 0 Å². The van der Waals surface area contributed by atoms with Crippen LogP contribution in [-0.2, 0) is 6.18 Å². The highest BCUT2D eigenvalue weighted by molar-refractivity contribution is 9.10. The van der Waals surface area contributed by atoms with Gasteiger partial charge in [0.05, 0.1) is 10.4 Å². The molecule has 0 aliphatic rings. The number of halogens is 7. The zero-order chi connectivity index (χ0) is 15.7. The van der Waals surface area contributed by atoms with Crippen molar-refractivity contribution in [2.75, 3.05) is 0 Å². The number of thioether (sulfide) groups is 1. The van der Waals surface area contributed by atoms with Crippen LogP contribution >= 0.6 is 27.7 Å². The van der Waals surface area contributed by atoms with Crippen molar-refractivity contribution in [2.45, 2.75) is 28.3 Å². The molecule has 9 heteroatoms. The summed E-state index contributed by atoms with van der Waals surface area (Å²) >= 11 is 2.15. The van der Waals surface area contributed by atoms with Crippen molar-refractivity contribution in [3.05, 3.63) is 29.3 Å². The number of hydrogen-bond acceptors (Lipinski definition) is 2. The van der Waals surface area contributed by atoms with Gasteiger partial charge in [0.2, 0.25) is 0 Å². The molecule has 0 heterocycles. The summed E-state index contributed by atoms with van der Waals surface area (Å²) in [5, 5.41) is 0. The topological polar surface area (TPSA) is 17.1 Å². The molecule has 0 fully saturated rings. The van der Waals surface area contributed by atoms with E-state index in [1.165, 1.54) is 6.92 Å². The molecular weight excluding hydrogens is 374 g/mol. The van der Waals surface area contributed by atoms with Gasteiger partial charge in [-0.2, -0.15) is 26.3 Å². The standard InChI is InChI=1S/C11H7BrF6OS/c1-5(12)9(19)7-3-2-6(10(13,14)15)4-8(7)20-11(16,17)18/h2-5H,1H3. The monoisotopic (exact) mass is 380 g/mol. The third-order valence-corrected chi connectivity index (χ3v) is 3.37. The number of carbonyl (C=O) groups excluding carboxylic acids is 1. The van der Waals surface area contributed by atoms with Crippen LogP contribution < -0.4 is 0 Å². The van der Waals surface area contributed by atoms with E-state index in [0.717, 1.165) is 6.07 Å². The second-order valence-corrected chi connectivity index (χ2v) is 6.22. The summed E-state index contributed by atoms with van der Waals surface area (Å²) < 4.78 is 74.6. The summed E-state index contributed by atoms with van der Waals surface area (Å²) in [6, 6.07) is 1.68. The van der Waals surface area contributed by atoms with Crippen molar-refractivity contribution in [3.63, 3.8) is 0 Å². The Morgan fingerprint density at radius 3 is 2.15 bits per heavy atom. The molecule has 1 nitrogen and oxygen atoms in total. The molecule has 112 valence electrons. The van der Waals surface area contributed by atoms with Gasteiger partial charge >= 0.3 is 11.7 Å². The number of benzene rings is 1. The van der Waals surface area contributed by atoms with E-state index in [-0.39, 0.29) is 0 Å². The van der Waals surface area contributed by atoms with Crippen LogP contribution in [0, 0.1) is 0 Å². The number of Topliss-reactive ketones (excluding diaryl/α,β-unsaturated/α-hetero) is 1. The Morgan fingerprint density at radius 1 is 1.20 bits per heavy atom. The average Bonchev–Trinajstić information content (AvgIpc) is 2.24. The molecule has 1 atom stereocenters. The first-order valence-electron chi connectivity index (χ1n) is 5.07. The summed E-state index contributed by atoms with van der Waals surface area (Å²) in [5.74, 6) is -0.717. The first-order valence-corrected chi connectivity index (χ1v) is 6.80. The van der Waals surface area contributed by atoms with Crippen LogP contribution in [-0.4, -0.2) is 16.1 Å². The van der Waals surface area contributed by atoms with Crippen LogP contribution in [0.3, 0.4) is 0 Å². The minimum Gasteiger partial charge on any atom is -0.293 e. The van der Waals surface area contributed by atoms with Gasteiger partial charge in [0.1, 0.15) is 0 Å². The third kappa shape index (κ3) is 4.69. The molecule has 0 bridgehead atoms. The normalized spacial score (nSPS) is 14.2. The van der Waals surface area contributed by atoms with Gasteiger partial charge in [-0.25, -0.2) is 0 Å². The number of ketones is 1. The van der Waals surface area contributed by atoms with E-state index in [1.54, 1.807) is 0 Å². The predicted molar refractivity (Wildman–Crippen MR) is 66.1 cm³/mol. The predicted octanol–water partition coefficient (Wildman–Crippen LogP) is 5.28. The molecule has 0 spiro atoms. The zero-order valence-electron chi connectivity index (χ0n) is 9.77. The molecule has 0 saturated heterocycles. The van der Waals surface area contributed by atoms with E-state index in [4.69, 9.17) is 0 Å². The Kier molecular flexibility index (Phi) is 5.18. The molecule has 0 aliphatic heterocycles. The molecule has 0 radical (unpaired) electrons. The SMILES string of the molecule is CC(Br)C(=O)c1ccc(C(F)(F)F)cc1SC(F)(F)F. The Bertz CT molecular complexity index is 509. The second-order valence-electron chi connectivity index (χ2n) is 3.74. The van der Waals surface area contributed by atoms with Gasteiger partial charge in [0, 0.05) is 10.5 Å². The Hall–Kier alpha value is -0.700. The fraction of sp³-hybridized carbons (Fsp3) is 0.364. The van der Waals surface area contributed by atoms with Gasteiger partial charge in [-0.15, -0.1) is 0 Å².